The summed E-state index contributed by atoms with van der Waals surface area (Å²) >= 11 is 0. The van der Waals surface area contributed by atoms with Crippen LogP contribution in [0, 0.1) is 0 Å². The number of nitrogens with two attached hydrogens (primary N) is 1. The number of anilines is 1. The molecule has 0 saturated heterocycles. The van der Waals surface area contributed by atoms with Crippen LogP contribution < -0.4 is 5.73 Å². The summed E-state index contributed by atoms with van der Waals surface area (Å²) in [6.07, 6.45) is -3.13. The number of hydrogen-bond acceptors (Lipinski definition) is 3. The van der Waals surface area contributed by atoms with Crippen LogP contribution in [0.25, 0.3) is 0 Å². The van der Waals surface area contributed by atoms with Gasteiger partial charge in [-0.25, -0.2) is 4.68 Å². The summed E-state index contributed by atoms with van der Waals surface area (Å²) in [5.41, 5.74) is 5.27. The van der Waals surface area contributed by atoms with Crippen LogP contribution in [0.5, 0.6) is 0 Å². The van der Waals surface area contributed by atoms with Crippen molar-refractivity contribution in [1.82, 2.24) is 14.8 Å². The van der Waals surface area contributed by atoms with Gasteiger partial charge in [-0.05, 0) is 18.1 Å². The zero-order valence-corrected chi connectivity index (χ0v) is 10.6. The van der Waals surface area contributed by atoms with Gasteiger partial charge >= 0.3 is 6.18 Å². The quantitative estimate of drug-likeness (QED) is 0.874. The van der Waals surface area contributed by atoms with Crippen LogP contribution in [0.15, 0.2) is 24.3 Å². The van der Waals surface area contributed by atoms with Crippen molar-refractivity contribution in [2.24, 2.45) is 0 Å². The minimum Gasteiger partial charge on any atom is -0.366 e. The number of hydrogen-bond donors (Lipinski definition) is 1. The van der Waals surface area contributed by atoms with E-state index in [1.54, 1.807) is 16.8 Å². The van der Waals surface area contributed by atoms with Gasteiger partial charge in [0.1, 0.15) is 5.82 Å². The average Bonchev–Trinajstić information content (AvgIpc) is 2.76. The zero-order chi connectivity index (χ0) is 14.3. The zero-order valence-electron chi connectivity index (χ0n) is 10.6. The second-order valence-electron chi connectivity index (χ2n) is 4.89. The van der Waals surface area contributed by atoms with E-state index in [-0.39, 0.29) is 11.9 Å². The van der Waals surface area contributed by atoms with E-state index in [0.29, 0.717) is 24.9 Å². The SMILES string of the molecule is Nc1nc2n(n1)CC(c1ccccc1C(F)(F)F)CC2. The number of nitrogen functional groups attached to an aromatic ring is 1. The molecule has 4 nitrogen and oxygen atoms in total. The molecule has 0 bridgehead atoms. The van der Waals surface area contributed by atoms with Gasteiger partial charge in [0.05, 0.1) is 5.56 Å². The van der Waals surface area contributed by atoms with Gasteiger partial charge in [-0.2, -0.15) is 18.2 Å². The van der Waals surface area contributed by atoms with Crippen molar-refractivity contribution in [3.63, 3.8) is 0 Å². The maximum Gasteiger partial charge on any atom is 0.416 e. The van der Waals surface area contributed by atoms with Gasteiger partial charge in [0, 0.05) is 18.9 Å². The summed E-state index contributed by atoms with van der Waals surface area (Å²) in [5.74, 6) is 0.689. The van der Waals surface area contributed by atoms with E-state index in [1.807, 2.05) is 0 Å². The molecule has 106 valence electrons. The van der Waals surface area contributed by atoms with Gasteiger partial charge in [0.2, 0.25) is 5.95 Å². The van der Waals surface area contributed by atoms with E-state index in [1.165, 1.54) is 6.07 Å². The molecule has 1 aromatic carbocycles. The summed E-state index contributed by atoms with van der Waals surface area (Å²) in [7, 11) is 0. The van der Waals surface area contributed by atoms with Gasteiger partial charge in [-0.15, -0.1) is 5.10 Å². The summed E-state index contributed by atoms with van der Waals surface area (Å²) in [5, 5.41) is 4.02. The average molecular weight is 282 g/mol. The van der Waals surface area contributed by atoms with Crippen molar-refractivity contribution in [3.05, 3.63) is 41.2 Å². The number of halogens is 3. The molecule has 2 heterocycles. The second kappa shape index (κ2) is 4.50. The van der Waals surface area contributed by atoms with Crippen LogP contribution in [0.2, 0.25) is 0 Å². The Morgan fingerprint density at radius 1 is 1.25 bits per heavy atom. The lowest BCUT2D eigenvalue weighted by Gasteiger charge is -2.25. The van der Waals surface area contributed by atoms with Crippen LogP contribution in [-0.4, -0.2) is 14.8 Å². The molecule has 1 aliphatic rings. The number of benzene rings is 1. The van der Waals surface area contributed by atoms with Crippen LogP contribution in [-0.2, 0) is 19.1 Å². The second-order valence-corrected chi connectivity index (χ2v) is 4.89. The monoisotopic (exact) mass is 282 g/mol. The van der Waals surface area contributed by atoms with Crippen molar-refractivity contribution >= 4 is 5.95 Å². The summed E-state index contributed by atoms with van der Waals surface area (Å²) in [6, 6.07) is 5.71. The maximum atomic E-state index is 13.0. The van der Waals surface area contributed by atoms with Crippen LogP contribution in [0.4, 0.5) is 19.1 Å². The fraction of sp³-hybridized carbons (Fsp3) is 0.385. The van der Waals surface area contributed by atoms with E-state index in [0.717, 1.165) is 11.9 Å². The van der Waals surface area contributed by atoms with Gasteiger partial charge in [0.25, 0.3) is 0 Å². The molecule has 20 heavy (non-hydrogen) atoms. The van der Waals surface area contributed by atoms with Crippen molar-refractivity contribution in [2.75, 3.05) is 5.73 Å². The first kappa shape index (κ1) is 13.0. The Labute approximate surface area is 113 Å². The predicted octanol–water partition coefficient (Wildman–Crippen LogP) is 2.61. The first-order chi connectivity index (χ1) is 9.45. The summed E-state index contributed by atoms with van der Waals surface area (Å²) < 4.78 is 40.8. The first-order valence-electron chi connectivity index (χ1n) is 6.30. The number of alkyl halides is 3. The van der Waals surface area contributed by atoms with Crippen LogP contribution in [0.1, 0.15) is 29.3 Å². The van der Waals surface area contributed by atoms with Gasteiger partial charge in [-0.3, -0.25) is 0 Å². The molecule has 7 heteroatoms. The Bertz CT molecular complexity index is 633. The molecule has 2 aromatic rings. The molecule has 0 aliphatic carbocycles. The minimum absolute atomic E-state index is 0.171. The van der Waals surface area contributed by atoms with Crippen molar-refractivity contribution in [1.29, 1.82) is 0 Å². The number of fused-ring (bicyclic) bond motifs is 1. The molecule has 0 spiro atoms. The number of aromatic nitrogens is 3. The molecular formula is C13H13F3N4. The number of nitrogens with zero attached hydrogens (tertiary/aromatic N) is 3. The molecule has 1 atom stereocenters. The lowest BCUT2D eigenvalue weighted by Crippen LogP contribution is -2.22. The highest BCUT2D eigenvalue weighted by Crippen LogP contribution is 2.38. The molecule has 1 aliphatic heterocycles. The van der Waals surface area contributed by atoms with Crippen LogP contribution >= 0.6 is 0 Å². The Morgan fingerprint density at radius 3 is 2.75 bits per heavy atom. The Morgan fingerprint density at radius 2 is 2.00 bits per heavy atom. The van der Waals surface area contributed by atoms with Gasteiger partial charge in [0.15, 0.2) is 0 Å². The lowest BCUT2D eigenvalue weighted by molar-refractivity contribution is -0.138. The third-order valence-corrected chi connectivity index (χ3v) is 3.58. The molecule has 0 radical (unpaired) electrons. The largest absolute Gasteiger partial charge is 0.416 e. The maximum absolute atomic E-state index is 13.0. The number of rotatable bonds is 1. The fourth-order valence-corrected chi connectivity index (χ4v) is 2.69. The normalized spacial score (nSPS) is 18.9. The van der Waals surface area contributed by atoms with Crippen molar-refractivity contribution in [2.45, 2.75) is 31.5 Å². The molecule has 3 rings (SSSR count). The van der Waals surface area contributed by atoms with Crippen molar-refractivity contribution in [3.8, 4) is 0 Å². The fourth-order valence-electron chi connectivity index (χ4n) is 2.69. The molecule has 0 saturated carbocycles. The Balaban J connectivity index is 1.96. The topological polar surface area (TPSA) is 56.7 Å². The summed E-state index contributed by atoms with van der Waals surface area (Å²) in [4.78, 5) is 4.06. The predicted molar refractivity (Wildman–Crippen MR) is 66.9 cm³/mol. The molecule has 0 fully saturated rings. The number of aryl methyl sites for hydroxylation is 1. The van der Waals surface area contributed by atoms with E-state index in [2.05, 4.69) is 10.1 Å². The minimum atomic E-state index is -4.34. The highest BCUT2D eigenvalue weighted by atomic mass is 19.4. The third kappa shape index (κ3) is 2.23. The molecule has 2 N–H and O–H groups in total. The van der Waals surface area contributed by atoms with Gasteiger partial charge in [-0.1, -0.05) is 18.2 Å². The van der Waals surface area contributed by atoms with E-state index < -0.39 is 11.7 Å². The molecule has 1 unspecified atom stereocenters. The van der Waals surface area contributed by atoms with E-state index in [4.69, 9.17) is 5.73 Å². The lowest BCUT2D eigenvalue weighted by atomic mass is 9.88. The van der Waals surface area contributed by atoms with E-state index in [9.17, 15) is 13.2 Å². The summed E-state index contributed by atoms with van der Waals surface area (Å²) in [6.45, 7) is 0.382. The van der Waals surface area contributed by atoms with Gasteiger partial charge < -0.3 is 5.73 Å². The van der Waals surface area contributed by atoms with Crippen molar-refractivity contribution < 1.29 is 13.2 Å². The third-order valence-electron chi connectivity index (χ3n) is 3.58. The highest BCUT2D eigenvalue weighted by Gasteiger charge is 2.36. The highest BCUT2D eigenvalue weighted by molar-refractivity contribution is 5.33. The molecule has 0 amide bonds. The first-order valence-corrected chi connectivity index (χ1v) is 6.30. The smallest absolute Gasteiger partial charge is 0.366 e. The van der Waals surface area contributed by atoms with E-state index >= 15 is 0 Å². The molecular weight excluding hydrogens is 269 g/mol. The Kier molecular flexibility index (Phi) is 2.92. The Hall–Kier alpha value is -2.05. The van der Waals surface area contributed by atoms with Crippen LogP contribution in [0.3, 0.4) is 0 Å². The molecule has 1 aromatic heterocycles. The standard InChI is InChI=1S/C13H13F3N4/c14-13(15,16)10-4-2-1-3-9(10)8-5-6-11-18-12(17)19-20(11)7-8/h1-4,8H,5-7H2,(H2,17,19).